The molecule has 1 N–H and O–H groups in total. The summed E-state index contributed by atoms with van der Waals surface area (Å²) in [6.07, 6.45) is 0. The van der Waals surface area contributed by atoms with E-state index in [9.17, 15) is 10.1 Å². The Morgan fingerprint density at radius 3 is 2.95 bits per heavy atom. The minimum atomic E-state index is -0.622. The molecule has 1 atom stereocenters. The van der Waals surface area contributed by atoms with Crippen LogP contribution in [0.15, 0.2) is 36.4 Å². The normalized spacial score (nSPS) is 15.7. The lowest BCUT2D eigenvalue weighted by atomic mass is 10.1. The molecule has 104 valence electrons. The van der Waals surface area contributed by atoms with Gasteiger partial charge in [0, 0.05) is 11.6 Å². The third-order valence-corrected chi connectivity index (χ3v) is 3.20. The van der Waals surface area contributed by atoms with Gasteiger partial charge in [0.1, 0.15) is 24.2 Å². The third-order valence-electron chi connectivity index (χ3n) is 3.20. The molecular weight excluding hydrogens is 272 g/mol. The molecule has 21 heavy (non-hydrogen) atoms. The fraction of sp³-hybridized carbons (Fsp3) is 0.143. The van der Waals surface area contributed by atoms with Crippen LogP contribution in [-0.2, 0) is 0 Å². The van der Waals surface area contributed by atoms with Crippen LogP contribution >= 0.6 is 0 Å². The molecule has 0 spiro atoms. The largest absolute Gasteiger partial charge is 0.491 e. The van der Waals surface area contributed by atoms with Crippen LogP contribution in [0.1, 0.15) is 17.3 Å². The lowest BCUT2D eigenvalue weighted by Crippen LogP contribution is -2.13. The molecule has 1 aliphatic rings. The lowest BCUT2D eigenvalue weighted by Gasteiger charge is -2.12. The number of rotatable bonds is 3. The van der Waals surface area contributed by atoms with Crippen molar-refractivity contribution in [3.63, 3.8) is 0 Å². The molecule has 1 aromatic heterocycles. The standard InChI is InChI=1S/C14H10N4O3/c15-7-10-12(18(19)20)5-6-14(16-10)17-11-8-21-13-4-2-1-3-9(11)13/h1-6,11H,8H2,(H,16,17). The van der Waals surface area contributed by atoms with Crippen molar-refractivity contribution in [1.29, 1.82) is 5.26 Å². The van der Waals surface area contributed by atoms with Crippen LogP contribution in [0.25, 0.3) is 0 Å². The number of hydrogen-bond acceptors (Lipinski definition) is 6. The summed E-state index contributed by atoms with van der Waals surface area (Å²) in [6.45, 7) is 0.444. The molecule has 0 bridgehead atoms. The van der Waals surface area contributed by atoms with Gasteiger partial charge in [0.15, 0.2) is 0 Å². The number of hydrogen-bond donors (Lipinski definition) is 1. The number of ether oxygens (including phenoxy) is 1. The van der Waals surface area contributed by atoms with Gasteiger partial charge in [0.05, 0.1) is 11.0 Å². The van der Waals surface area contributed by atoms with Crippen molar-refractivity contribution in [1.82, 2.24) is 4.98 Å². The van der Waals surface area contributed by atoms with E-state index < -0.39 is 4.92 Å². The van der Waals surface area contributed by atoms with E-state index in [-0.39, 0.29) is 17.4 Å². The van der Waals surface area contributed by atoms with Crippen molar-refractivity contribution in [2.45, 2.75) is 6.04 Å². The van der Waals surface area contributed by atoms with Crippen molar-refractivity contribution >= 4 is 11.5 Å². The fourth-order valence-electron chi connectivity index (χ4n) is 2.22. The molecule has 2 aromatic rings. The lowest BCUT2D eigenvalue weighted by molar-refractivity contribution is -0.385. The minimum absolute atomic E-state index is 0.0956. The Balaban J connectivity index is 1.87. The zero-order chi connectivity index (χ0) is 14.8. The summed E-state index contributed by atoms with van der Waals surface area (Å²) >= 11 is 0. The maximum absolute atomic E-state index is 10.8. The number of aromatic nitrogens is 1. The summed E-state index contributed by atoms with van der Waals surface area (Å²) in [7, 11) is 0. The van der Waals surface area contributed by atoms with Crippen molar-refractivity contribution in [2.24, 2.45) is 0 Å². The first-order chi connectivity index (χ1) is 10.2. The Morgan fingerprint density at radius 2 is 2.19 bits per heavy atom. The van der Waals surface area contributed by atoms with Gasteiger partial charge in [-0.15, -0.1) is 0 Å². The summed E-state index contributed by atoms with van der Waals surface area (Å²) < 4.78 is 5.54. The highest BCUT2D eigenvalue weighted by Crippen LogP contribution is 2.34. The van der Waals surface area contributed by atoms with Gasteiger partial charge in [-0.25, -0.2) is 4.98 Å². The van der Waals surface area contributed by atoms with Gasteiger partial charge >= 0.3 is 5.69 Å². The van der Waals surface area contributed by atoms with E-state index in [1.54, 1.807) is 6.07 Å². The third kappa shape index (κ3) is 2.34. The van der Waals surface area contributed by atoms with Crippen molar-refractivity contribution in [3.05, 3.63) is 57.8 Å². The van der Waals surface area contributed by atoms with E-state index in [1.165, 1.54) is 12.1 Å². The number of pyridine rings is 1. The molecule has 1 unspecified atom stereocenters. The molecule has 1 aromatic carbocycles. The molecule has 0 aliphatic carbocycles. The average Bonchev–Trinajstić information content (AvgIpc) is 2.90. The van der Waals surface area contributed by atoms with E-state index >= 15 is 0 Å². The van der Waals surface area contributed by atoms with Gasteiger partial charge < -0.3 is 10.1 Å². The van der Waals surface area contributed by atoms with Gasteiger partial charge in [-0.3, -0.25) is 10.1 Å². The van der Waals surface area contributed by atoms with E-state index in [0.29, 0.717) is 12.4 Å². The van der Waals surface area contributed by atoms with Crippen molar-refractivity contribution < 1.29 is 9.66 Å². The Kier molecular flexibility index (Phi) is 3.12. The average molecular weight is 282 g/mol. The highest BCUT2D eigenvalue weighted by Gasteiger charge is 2.24. The first-order valence-electron chi connectivity index (χ1n) is 6.23. The summed E-state index contributed by atoms with van der Waals surface area (Å²) in [5.74, 6) is 1.21. The highest BCUT2D eigenvalue weighted by molar-refractivity contribution is 5.52. The summed E-state index contributed by atoms with van der Waals surface area (Å²) in [5, 5.41) is 22.8. The maximum atomic E-state index is 10.8. The predicted octanol–water partition coefficient (Wildman–Crippen LogP) is 2.41. The highest BCUT2D eigenvalue weighted by atomic mass is 16.6. The molecule has 0 amide bonds. The molecular formula is C14H10N4O3. The molecule has 7 heteroatoms. The first kappa shape index (κ1) is 12.9. The molecule has 1 aliphatic heterocycles. The molecule has 0 radical (unpaired) electrons. The predicted molar refractivity (Wildman–Crippen MR) is 73.9 cm³/mol. The van der Waals surface area contributed by atoms with Crippen LogP contribution in [0, 0.1) is 21.4 Å². The van der Waals surface area contributed by atoms with Crippen molar-refractivity contribution in [2.75, 3.05) is 11.9 Å². The van der Waals surface area contributed by atoms with E-state index in [1.807, 2.05) is 24.3 Å². The van der Waals surface area contributed by atoms with Crippen LogP contribution in [0.3, 0.4) is 0 Å². The SMILES string of the molecule is N#Cc1nc(NC2COc3ccccc32)ccc1[N+](=O)[O-]. The zero-order valence-electron chi connectivity index (χ0n) is 10.8. The second-order valence-corrected chi connectivity index (χ2v) is 4.48. The van der Waals surface area contributed by atoms with Gasteiger partial charge in [-0.2, -0.15) is 5.26 Å². The van der Waals surface area contributed by atoms with Gasteiger partial charge in [-0.05, 0) is 12.1 Å². The van der Waals surface area contributed by atoms with Crippen LogP contribution in [0.2, 0.25) is 0 Å². The van der Waals surface area contributed by atoms with Gasteiger partial charge in [0.2, 0.25) is 5.69 Å². The number of nitrogens with one attached hydrogen (secondary N) is 1. The maximum Gasteiger partial charge on any atom is 0.305 e. The number of benzene rings is 1. The van der Waals surface area contributed by atoms with E-state index in [0.717, 1.165) is 11.3 Å². The number of nitrogens with zero attached hydrogens (tertiary/aromatic N) is 3. The molecule has 0 fully saturated rings. The van der Waals surface area contributed by atoms with E-state index in [2.05, 4.69) is 10.3 Å². The van der Waals surface area contributed by atoms with Crippen LogP contribution in [0.4, 0.5) is 11.5 Å². The smallest absolute Gasteiger partial charge is 0.305 e. The molecule has 0 saturated carbocycles. The first-order valence-corrected chi connectivity index (χ1v) is 6.23. The Labute approximate surface area is 120 Å². The zero-order valence-corrected chi connectivity index (χ0v) is 10.8. The van der Waals surface area contributed by atoms with Gasteiger partial charge in [-0.1, -0.05) is 18.2 Å². The number of nitro groups is 1. The molecule has 2 heterocycles. The van der Waals surface area contributed by atoms with E-state index in [4.69, 9.17) is 10.00 Å². The molecule has 7 nitrogen and oxygen atoms in total. The number of nitriles is 1. The minimum Gasteiger partial charge on any atom is -0.491 e. The molecule has 3 rings (SSSR count). The quantitative estimate of drug-likeness (QED) is 0.685. The fourth-order valence-corrected chi connectivity index (χ4v) is 2.22. The summed E-state index contributed by atoms with van der Waals surface area (Å²) in [4.78, 5) is 14.1. The second kappa shape index (κ2) is 5.09. The topological polar surface area (TPSA) is 101 Å². The number of anilines is 1. The van der Waals surface area contributed by atoms with Crippen LogP contribution in [0.5, 0.6) is 5.75 Å². The Bertz CT molecular complexity index is 754. The Morgan fingerprint density at radius 1 is 1.38 bits per heavy atom. The molecule has 0 saturated heterocycles. The summed E-state index contributed by atoms with van der Waals surface area (Å²) in [6, 6.07) is 12.0. The monoisotopic (exact) mass is 282 g/mol. The van der Waals surface area contributed by atoms with Crippen molar-refractivity contribution in [3.8, 4) is 11.8 Å². The summed E-state index contributed by atoms with van der Waals surface area (Å²) in [5.41, 5.74) is 0.486. The number of para-hydroxylation sites is 1. The van der Waals surface area contributed by atoms with Crippen LogP contribution < -0.4 is 10.1 Å². The Hall–Kier alpha value is -3.14. The second-order valence-electron chi connectivity index (χ2n) is 4.48. The van der Waals surface area contributed by atoms with Crippen LogP contribution in [-0.4, -0.2) is 16.5 Å². The van der Waals surface area contributed by atoms with Gasteiger partial charge in [0.25, 0.3) is 0 Å². The number of fused-ring (bicyclic) bond motifs is 1.